The van der Waals surface area contributed by atoms with Crippen LogP contribution in [0.3, 0.4) is 0 Å². The monoisotopic (exact) mass is 358 g/mol. The van der Waals surface area contributed by atoms with Gasteiger partial charge < -0.3 is 4.42 Å². The van der Waals surface area contributed by atoms with Crippen LogP contribution >= 0.6 is 0 Å². The third-order valence-corrected chi connectivity index (χ3v) is 4.72. The molecule has 134 valence electrons. The van der Waals surface area contributed by atoms with Gasteiger partial charge in [0, 0.05) is 19.0 Å². The molecule has 0 aliphatic heterocycles. The van der Waals surface area contributed by atoms with Crippen molar-refractivity contribution in [3.8, 4) is 11.6 Å². The minimum atomic E-state index is -4.33. The summed E-state index contributed by atoms with van der Waals surface area (Å²) in [7, 11) is 0. The molecule has 3 aromatic rings. The molecule has 1 unspecified atom stereocenters. The molecule has 0 N–H and O–H groups in total. The summed E-state index contributed by atoms with van der Waals surface area (Å²) in [6, 6.07) is 9.79. The van der Waals surface area contributed by atoms with Gasteiger partial charge in [-0.05, 0) is 49.1 Å². The van der Waals surface area contributed by atoms with Crippen LogP contribution in [0.5, 0.6) is 0 Å². The van der Waals surface area contributed by atoms with Gasteiger partial charge in [-0.25, -0.2) is 4.98 Å². The third-order valence-electron chi connectivity index (χ3n) is 4.72. The number of nitrogens with zero attached hydrogens (tertiary/aromatic N) is 2. The Bertz CT molecular complexity index is 932. The second-order valence-electron chi connectivity index (χ2n) is 6.67. The molecule has 2 heterocycles. The molecule has 1 atom stereocenters. The van der Waals surface area contributed by atoms with Crippen molar-refractivity contribution in [1.29, 1.82) is 0 Å². The Kier molecular flexibility index (Phi) is 4.05. The van der Waals surface area contributed by atoms with E-state index in [0.717, 1.165) is 17.9 Å². The van der Waals surface area contributed by atoms with E-state index < -0.39 is 11.7 Å². The van der Waals surface area contributed by atoms with E-state index in [1.54, 1.807) is 13.1 Å². The number of fused-ring (bicyclic) bond motifs is 1. The average Bonchev–Trinajstić information content (AvgIpc) is 3.04. The number of oxazole rings is 1. The summed E-state index contributed by atoms with van der Waals surface area (Å²) in [5.41, 5.74) is 2.22. The van der Waals surface area contributed by atoms with Gasteiger partial charge in [0.05, 0.1) is 11.3 Å². The van der Waals surface area contributed by atoms with Crippen molar-refractivity contribution < 1.29 is 17.6 Å². The largest absolute Gasteiger partial charge is 0.440 e. The molecule has 0 radical (unpaired) electrons. The molecule has 0 spiro atoms. The number of alkyl halides is 3. The summed E-state index contributed by atoms with van der Waals surface area (Å²) in [5, 5.41) is 0. The summed E-state index contributed by atoms with van der Waals surface area (Å²) in [5.74, 6) is 1.28. The highest BCUT2D eigenvalue weighted by atomic mass is 19.4. The summed E-state index contributed by atoms with van der Waals surface area (Å²) >= 11 is 0. The van der Waals surface area contributed by atoms with Crippen molar-refractivity contribution in [1.82, 2.24) is 9.97 Å². The molecule has 0 saturated carbocycles. The smallest absolute Gasteiger partial charge is 0.416 e. The van der Waals surface area contributed by atoms with Crippen LogP contribution in [0.15, 0.2) is 47.0 Å². The Balaban J connectivity index is 1.63. The van der Waals surface area contributed by atoms with Gasteiger partial charge >= 0.3 is 6.18 Å². The number of hydrogen-bond acceptors (Lipinski definition) is 3. The molecule has 1 aromatic carbocycles. The standard InChI is InChI=1S/C20H17F3N2O/c1-12-8-14(10-15(9-12)20(21,22)23)13-5-6-18-17(11-13)25-19(26-18)16-4-2-3-7-24-16/h2-4,7-10,13H,5-6,11H2,1H3. The first-order valence-electron chi connectivity index (χ1n) is 8.49. The Morgan fingerprint density at radius 2 is 2.00 bits per heavy atom. The van der Waals surface area contributed by atoms with Crippen molar-refractivity contribution in [3.63, 3.8) is 0 Å². The first-order chi connectivity index (χ1) is 12.4. The lowest BCUT2D eigenvalue weighted by Crippen LogP contribution is -2.14. The fourth-order valence-electron chi connectivity index (χ4n) is 3.47. The van der Waals surface area contributed by atoms with Crippen LogP contribution in [0.25, 0.3) is 11.6 Å². The maximum absolute atomic E-state index is 13.1. The number of rotatable bonds is 2. The van der Waals surface area contributed by atoms with Crippen LogP contribution in [0, 0.1) is 6.92 Å². The molecule has 1 aliphatic rings. The Morgan fingerprint density at radius 1 is 1.15 bits per heavy atom. The molecule has 26 heavy (non-hydrogen) atoms. The topological polar surface area (TPSA) is 38.9 Å². The summed E-state index contributed by atoms with van der Waals surface area (Å²) in [6.45, 7) is 1.70. The van der Waals surface area contributed by atoms with E-state index in [-0.39, 0.29) is 5.92 Å². The van der Waals surface area contributed by atoms with Gasteiger partial charge in [0.2, 0.25) is 5.89 Å². The Hall–Kier alpha value is -2.63. The van der Waals surface area contributed by atoms with E-state index in [2.05, 4.69) is 9.97 Å². The third kappa shape index (κ3) is 3.23. The van der Waals surface area contributed by atoms with Crippen LogP contribution in [-0.2, 0) is 19.0 Å². The second-order valence-corrected chi connectivity index (χ2v) is 6.67. The molecule has 2 aromatic heterocycles. The van der Waals surface area contributed by atoms with Gasteiger partial charge in [0.1, 0.15) is 11.5 Å². The SMILES string of the molecule is Cc1cc(C2CCc3oc(-c4ccccn4)nc3C2)cc(C(F)(F)F)c1. The molecule has 0 saturated heterocycles. The highest BCUT2D eigenvalue weighted by Gasteiger charge is 2.32. The van der Waals surface area contributed by atoms with Crippen molar-refractivity contribution >= 4 is 0 Å². The van der Waals surface area contributed by atoms with Gasteiger partial charge in [0.15, 0.2) is 0 Å². The van der Waals surface area contributed by atoms with Crippen molar-refractivity contribution in [2.24, 2.45) is 0 Å². The molecule has 0 amide bonds. The van der Waals surface area contributed by atoms with Crippen molar-refractivity contribution in [2.75, 3.05) is 0 Å². The predicted molar refractivity (Wildman–Crippen MR) is 90.7 cm³/mol. The lowest BCUT2D eigenvalue weighted by molar-refractivity contribution is -0.137. The van der Waals surface area contributed by atoms with E-state index in [1.807, 2.05) is 24.3 Å². The first kappa shape index (κ1) is 16.8. The minimum Gasteiger partial charge on any atom is -0.440 e. The number of benzene rings is 1. The summed E-state index contributed by atoms with van der Waals surface area (Å²) in [4.78, 5) is 8.78. The van der Waals surface area contributed by atoms with Gasteiger partial charge in [-0.1, -0.05) is 17.7 Å². The number of aromatic nitrogens is 2. The van der Waals surface area contributed by atoms with Crippen molar-refractivity contribution in [3.05, 3.63) is 70.7 Å². The zero-order chi connectivity index (χ0) is 18.3. The van der Waals surface area contributed by atoms with E-state index in [9.17, 15) is 13.2 Å². The second kappa shape index (κ2) is 6.27. The molecular formula is C20H17F3N2O. The number of aryl methyl sites for hydroxylation is 2. The Labute approximate surface area is 148 Å². The summed E-state index contributed by atoms with van der Waals surface area (Å²) in [6.07, 6.45) is -0.681. The minimum absolute atomic E-state index is 0.00480. The zero-order valence-corrected chi connectivity index (χ0v) is 14.2. The van der Waals surface area contributed by atoms with E-state index in [0.29, 0.717) is 35.6 Å². The molecular weight excluding hydrogens is 341 g/mol. The lowest BCUT2D eigenvalue weighted by Gasteiger charge is -2.22. The van der Waals surface area contributed by atoms with E-state index >= 15 is 0 Å². The van der Waals surface area contributed by atoms with E-state index in [1.165, 1.54) is 12.1 Å². The van der Waals surface area contributed by atoms with Crippen molar-refractivity contribution in [2.45, 2.75) is 38.3 Å². The molecule has 0 fully saturated rings. The van der Waals surface area contributed by atoms with Crippen LogP contribution in [0.1, 0.15) is 40.5 Å². The van der Waals surface area contributed by atoms with Gasteiger partial charge in [-0.15, -0.1) is 0 Å². The molecule has 4 rings (SSSR count). The molecule has 1 aliphatic carbocycles. The van der Waals surface area contributed by atoms with Gasteiger partial charge in [-0.2, -0.15) is 13.2 Å². The number of halogens is 3. The molecule has 6 heteroatoms. The highest BCUT2D eigenvalue weighted by Crippen LogP contribution is 2.37. The lowest BCUT2D eigenvalue weighted by atomic mass is 9.83. The number of hydrogen-bond donors (Lipinski definition) is 0. The van der Waals surface area contributed by atoms with Gasteiger partial charge in [-0.3, -0.25) is 4.98 Å². The maximum Gasteiger partial charge on any atom is 0.416 e. The van der Waals surface area contributed by atoms with Crippen LogP contribution in [-0.4, -0.2) is 9.97 Å². The molecule has 3 nitrogen and oxygen atoms in total. The quantitative estimate of drug-likeness (QED) is 0.621. The van der Waals surface area contributed by atoms with E-state index in [4.69, 9.17) is 4.42 Å². The highest BCUT2D eigenvalue weighted by molar-refractivity contribution is 5.47. The maximum atomic E-state index is 13.1. The Morgan fingerprint density at radius 3 is 2.73 bits per heavy atom. The first-order valence-corrected chi connectivity index (χ1v) is 8.49. The zero-order valence-electron chi connectivity index (χ0n) is 14.2. The molecule has 0 bridgehead atoms. The van der Waals surface area contributed by atoms with Crippen LogP contribution in [0.4, 0.5) is 13.2 Å². The number of pyridine rings is 1. The fraction of sp³-hybridized carbons (Fsp3) is 0.300. The van der Waals surface area contributed by atoms with Gasteiger partial charge in [0.25, 0.3) is 0 Å². The van der Waals surface area contributed by atoms with Crippen LogP contribution < -0.4 is 0 Å². The normalized spacial score (nSPS) is 17.2. The fourth-order valence-corrected chi connectivity index (χ4v) is 3.47. The van der Waals surface area contributed by atoms with Crippen LogP contribution in [0.2, 0.25) is 0 Å². The average molecular weight is 358 g/mol. The predicted octanol–water partition coefficient (Wildman–Crippen LogP) is 5.34. The summed E-state index contributed by atoms with van der Waals surface area (Å²) < 4.78 is 45.2.